The number of rotatable bonds is 4. The normalized spacial score (nSPS) is 12.6. The van der Waals surface area contributed by atoms with Crippen LogP contribution in [0.15, 0.2) is 18.2 Å². The number of aryl methyl sites for hydroxylation is 1. The molecule has 0 spiro atoms. The van der Waals surface area contributed by atoms with Crippen LogP contribution >= 0.6 is 0 Å². The minimum atomic E-state index is -4.30. The topological polar surface area (TPSA) is 24.1 Å². The number of anilines is 1. The third-order valence-corrected chi connectivity index (χ3v) is 2.66. The van der Waals surface area contributed by atoms with Crippen LogP contribution in [0, 0.1) is 6.92 Å². The van der Waals surface area contributed by atoms with E-state index in [2.05, 4.69) is 10.6 Å². The first kappa shape index (κ1) is 15.8. The minimum absolute atomic E-state index is 0.00451. The van der Waals surface area contributed by atoms with Gasteiger partial charge in [-0.15, -0.1) is 0 Å². The van der Waals surface area contributed by atoms with E-state index in [1.165, 1.54) is 6.07 Å². The molecule has 19 heavy (non-hydrogen) atoms. The standard InChI is InChI=1S/C14H21F3N2/c1-10-5-6-11(14(15,16)17)9-12(10)18-7-8-19-13(2,3)4/h5-6,9,18-19H,7-8H2,1-4H3. The molecule has 1 aromatic rings. The molecule has 2 N–H and O–H groups in total. The number of benzene rings is 1. The number of nitrogens with one attached hydrogen (secondary N) is 2. The van der Waals surface area contributed by atoms with Crippen LogP contribution in [0.25, 0.3) is 0 Å². The first-order valence-electron chi connectivity index (χ1n) is 6.26. The average molecular weight is 274 g/mol. The molecular formula is C14H21F3N2. The van der Waals surface area contributed by atoms with Crippen LogP contribution < -0.4 is 10.6 Å². The van der Waals surface area contributed by atoms with E-state index in [-0.39, 0.29) is 5.54 Å². The van der Waals surface area contributed by atoms with Gasteiger partial charge in [-0.2, -0.15) is 13.2 Å². The highest BCUT2D eigenvalue weighted by atomic mass is 19.4. The molecule has 0 aliphatic carbocycles. The molecule has 0 saturated heterocycles. The Kier molecular flexibility index (Phi) is 4.85. The molecule has 0 saturated carbocycles. The van der Waals surface area contributed by atoms with Crippen molar-refractivity contribution >= 4 is 5.69 Å². The SMILES string of the molecule is Cc1ccc(C(F)(F)F)cc1NCCNC(C)(C)C. The zero-order valence-electron chi connectivity index (χ0n) is 11.8. The molecule has 2 nitrogen and oxygen atoms in total. The molecule has 0 bridgehead atoms. The Bertz CT molecular complexity index is 420. The Morgan fingerprint density at radius 1 is 1.05 bits per heavy atom. The Morgan fingerprint density at radius 2 is 1.68 bits per heavy atom. The smallest absolute Gasteiger partial charge is 0.384 e. The van der Waals surface area contributed by atoms with Crippen molar-refractivity contribution in [1.82, 2.24) is 5.32 Å². The summed E-state index contributed by atoms with van der Waals surface area (Å²) in [5.41, 5.74) is 0.726. The van der Waals surface area contributed by atoms with E-state index in [0.29, 0.717) is 18.8 Å². The van der Waals surface area contributed by atoms with Crippen molar-refractivity contribution in [2.75, 3.05) is 18.4 Å². The second kappa shape index (κ2) is 5.82. The number of alkyl halides is 3. The van der Waals surface area contributed by atoms with Gasteiger partial charge in [0.1, 0.15) is 0 Å². The van der Waals surface area contributed by atoms with Crippen molar-refractivity contribution in [3.63, 3.8) is 0 Å². The number of hydrogen-bond acceptors (Lipinski definition) is 2. The van der Waals surface area contributed by atoms with E-state index in [0.717, 1.165) is 17.7 Å². The van der Waals surface area contributed by atoms with Gasteiger partial charge < -0.3 is 10.6 Å². The molecule has 0 radical (unpaired) electrons. The molecule has 0 amide bonds. The van der Waals surface area contributed by atoms with Crippen LogP contribution in [0.2, 0.25) is 0 Å². The first-order valence-corrected chi connectivity index (χ1v) is 6.26. The van der Waals surface area contributed by atoms with Gasteiger partial charge in [-0.3, -0.25) is 0 Å². The summed E-state index contributed by atoms with van der Waals surface area (Å²) in [6.07, 6.45) is -4.30. The maximum Gasteiger partial charge on any atom is 0.416 e. The maximum atomic E-state index is 12.6. The second-order valence-electron chi connectivity index (χ2n) is 5.63. The van der Waals surface area contributed by atoms with Gasteiger partial charge in [0.25, 0.3) is 0 Å². The summed E-state index contributed by atoms with van der Waals surface area (Å²) in [4.78, 5) is 0. The zero-order valence-corrected chi connectivity index (χ0v) is 11.8. The highest BCUT2D eigenvalue weighted by Gasteiger charge is 2.30. The van der Waals surface area contributed by atoms with E-state index < -0.39 is 11.7 Å². The predicted octanol–water partition coefficient (Wildman–Crippen LogP) is 3.81. The monoisotopic (exact) mass is 274 g/mol. The fourth-order valence-electron chi connectivity index (χ4n) is 1.62. The third kappa shape index (κ3) is 5.51. The van der Waals surface area contributed by atoms with Gasteiger partial charge in [-0.05, 0) is 45.4 Å². The van der Waals surface area contributed by atoms with Gasteiger partial charge in [-0.25, -0.2) is 0 Å². The van der Waals surface area contributed by atoms with Crippen LogP contribution in [0.4, 0.5) is 18.9 Å². The average Bonchev–Trinajstić information content (AvgIpc) is 2.23. The molecule has 5 heteroatoms. The number of hydrogen-bond donors (Lipinski definition) is 2. The van der Waals surface area contributed by atoms with Crippen molar-refractivity contribution in [3.05, 3.63) is 29.3 Å². The lowest BCUT2D eigenvalue weighted by Gasteiger charge is -2.21. The Morgan fingerprint density at radius 3 is 2.21 bits per heavy atom. The zero-order chi connectivity index (χ0) is 14.7. The van der Waals surface area contributed by atoms with E-state index in [1.807, 2.05) is 20.8 Å². The molecule has 0 unspecified atom stereocenters. The van der Waals surface area contributed by atoms with Gasteiger partial charge in [0.2, 0.25) is 0 Å². The molecule has 1 rings (SSSR count). The lowest BCUT2D eigenvalue weighted by atomic mass is 10.1. The van der Waals surface area contributed by atoms with E-state index >= 15 is 0 Å². The van der Waals surface area contributed by atoms with Gasteiger partial charge in [0.15, 0.2) is 0 Å². The fraction of sp³-hybridized carbons (Fsp3) is 0.571. The van der Waals surface area contributed by atoms with Crippen LogP contribution in [0.5, 0.6) is 0 Å². The molecule has 0 atom stereocenters. The van der Waals surface area contributed by atoms with Gasteiger partial charge in [0.05, 0.1) is 5.56 Å². The summed E-state index contributed by atoms with van der Waals surface area (Å²) < 4.78 is 37.8. The predicted molar refractivity (Wildman–Crippen MR) is 72.4 cm³/mol. The highest BCUT2D eigenvalue weighted by Crippen LogP contribution is 2.31. The van der Waals surface area contributed by atoms with Crippen LogP contribution in [0.3, 0.4) is 0 Å². The Balaban J connectivity index is 2.63. The molecule has 0 heterocycles. The molecule has 0 aliphatic heterocycles. The molecule has 0 aromatic heterocycles. The lowest BCUT2D eigenvalue weighted by molar-refractivity contribution is -0.137. The van der Waals surface area contributed by atoms with Gasteiger partial charge in [-0.1, -0.05) is 6.07 Å². The summed E-state index contributed by atoms with van der Waals surface area (Å²) in [6, 6.07) is 3.75. The van der Waals surface area contributed by atoms with Crippen molar-refractivity contribution in [2.45, 2.75) is 39.4 Å². The highest BCUT2D eigenvalue weighted by molar-refractivity contribution is 5.53. The van der Waals surface area contributed by atoms with E-state index in [1.54, 1.807) is 6.92 Å². The lowest BCUT2D eigenvalue weighted by Crippen LogP contribution is -2.38. The van der Waals surface area contributed by atoms with E-state index in [4.69, 9.17) is 0 Å². The Hall–Kier alpha value is -1.23. The van der Waals surface area contributed by atoms with Crippen molar-refractivity contribution < 1.29 is 13.2 Å². The number of halogens is 3. The largest absolute Gasteiger partial charge is 0.416 e. The van der Waals surface area contributed by atoms with Crippen LogP contribution in [-0.2, 0) is 6.18 Å². The summed E-state index contributed by atoms with van der Waals surface area (Å²) in [6.45, 7) is 9.20. The van der Waals surface area contributed by atoms with Crippen LogP contribution in [0.1, 0.15) is 31.9 Å². The maximum absolute atomic E-state index is 12.6. The van der Waals surface area contributed by atoms with Crippen LogP contribution in [-0.4, -0.2) is 18.6 Å². The first-order chi connectivity index (χ1) is 8.59. The molecule has 1 aromatic carbocycles. The fourth-order valence-corrected chi connectivity index (χ4v) is 1.62. The molecule has 0 fully saturated rings. The molecule has 0 aliphatic rings. The third-order valence-electron chi connectivity index (χ3n) is 2.66. The summed E-state index contributed by atoms with van der Waals surface area (Å²) >= 11 is 0. The van der Waals surface area contributed by atoms with Gasteiger partial charge >= 0.3 is 6.18 Å². The second-order valence-corrected chi connectivity index (χ2v) is 5.63. The van der Waals surface area contributed by atoms with Gasteiger partial charge in [0, 0.05) is 24.3 Å². The van der Waals surface area contributed by atoms with E-state index in [9.17, 15) is 13.2 Å². The van der Waals surface area contributed by atoms with Crippen molar-refractivity contribution in [3.8, 4) is 0 Å². The van der Waals surface area contributed by atoms with Crippen molar-refractivity contribution in [1.29, 1.82) is 0 Å². The Labute approximate surface area is 112 Å². The molecular weight excluding hydrogens is 253 g/mol. The minimum Gasteiger partial charge on any atom is -0.384 e. The summed E-state index contributed by atoms with van der Waals surface area (Å²) in [5, 5.41) is 6.31. The molecule has 108 valence electrons. The van der Waals surface area contributed by atoms with Crippen molar-refractivity contribution in [2.24, 2.45) is 0 Å². The quantitative estimate of drug-likeness (QED) is 0.816. The summed E-state index contributed by atoms with van der Waals surface area (Å²) in [7, 11) is 0. The summed E-state index contributed by atoms with van der Waals surface area (Å²) in [5.74, 6) is 0.